The first-order chi connectivity index (χ1) is 11.5. The molecule has 0 bridgehead atoms. The van der Waals surface area contributed by atoms with Crippen molar-refractivity contribution in [1.29, 1.82) is 0 Å². The number of nitrogens with one attached hydrogen (secondary N) is 1. The van der Waals surface area contributed by atoms with Crippen LogP contribution in [0.3, 0.4) is 0 Å². The molecule has 0 saturated carbocycles. The number of nitrogens with zero attached hydrogens (tertiary/aromatic N) is 2. The molecule has 1 aliphatic heterocycles. The number of carboxylic acids is 1. The molecule has 0 unspecified atom stereocenters. The minimum absolute atomic E-state index is 0.0145. The largest absolute Gasteiger partial charge is 0.481 e. The molecule has 7 heteroatoms. The number of aryl methyl sites for hydroxylation is 1. The minimum atomic E-state index is -0.833. The predicted molar refractivity (Wildman–Crippen MR) is 103 cm³/mol. The Bertz CT molecular complexity index is 702. The predicted octanol–water partition coefficient (Wildman–Crippen LogP) is 3.32. The van der Waals surface area contributed by atoms with E-state index in [1.807, 2.05) is 13.0 Å². The van der Waals surface area contributed by atoms with Crippen LogP contribution >= 0.6 is 11.8 Å². The van der Waals surface area contributed by atoms with Gasteiger partial charge in [0.15, 0.2) is 5.17 Å². The van der Waals surface area contributed by atoms with Gasteiger partial charge in [0.25, 0.3) is 5.97 Å². The van der Waals surface area contributed by atoms with Crippen LogP contribution in [0.2, 0.25) is 0 Å². The van der Waals surface area contributed by atoms with Crippen LogP contribution in [-0.2, 0) is 15.0 Å². The fourth-order valence-electron chi connectivity index (χ4n) is 2.26. The normalized spacial score (nSPS) is 18.9. The number of thioether (sulfide) groups is 1. The third kappa shape index (κ3) is 7.09. The Kier molecular flexibility index (Phi) is 7.36. The summed E-state index contributed by atoms with van der Waals surface area (Å²) in [7, 11) is 0. The van der Waals surface area contributed by atoms with E-state index < -0.39 is 5.97 Å². The summed E-state index contributed by atoms with van der Waals surface area (Å²) in [6.45, 7) is 11.7. The van der Waals surface area contributed by atoms with Crippen LogP contribution in [0.1, 0.15) is 51.3 Å². The number of hydrogen-bond donors (Lipinski definition) is 2. The van der Waals surface area contributed by atoms with Crippen molar-refractivity contribution in [3.05, 3.63) is 34.9 Å². The fourth-order valence-corrected chi connectivity index (χ4v) is 3.02. The molecule has 1 saturated heterocycles. The number of hydrogen-bond acceptors (Lipinski definition) is 5. The first-order valence-corrected chi connectivity index (χ1v) is 8.78. The van der Waals surface area contributed by atoms with E-state index in [0.717, 1.165) is 12.5 Å². The summed E-state index contributed by atoms with van der Waals surface area (Å²) in [6.07, 6.45) is 1.71. The van der Waals surface area contributed by atoms with Crippen LogP contribution in [-0.4, -0.2) is 33.6 Å². The van der Waals surface area contributed by atoms with Crippen molar-refractivity contribution >= 4 is 35.0 Å². The smallest absolute Gasteiger partial charge is 0.300 e. The Labute approximate surface area is 152 Å². The number of benzene rings is 1. The summed E-state index contributed by atoms with van der Waals surface area (Å²) in [6, 6.07) is 6.28. The molecule has 0 aromatic heterocycles. The quantitative estimate of drug-likeness (QED) is 0.623. The molecule has 25 heavy (non-hydrogen) atoms. The van der Waals surface area contributed by atoms with Gasteiger partial charge in [-0.3, -0.25) is 9.59 Å². The zero-order valence-corrected chi connectivity index (χ0v) is 16.3. The lowest BCUT2D eigenvalue weighted by atomic mass is 9.83. The molecule has 2 rings (SSSR count). The molecule has 1 amide bonds. The molecule has 0 aliphatic carbocycles. The van der Waals surface area contributed by atoms with E-state index in [0.29, 0.717) is 5.17 Å². The minimum Gasteiger partial charge on any atom is -0.481 e. The molecule has 0 spiro atoms. The fraction of sp³-hybridized carbons (Fsp3) is 0.444. The Morgan fingerprint density at radius 1 is 1.36 bits per heavy atom. The molecule has 2 N–H and O–H groups in total. The maximum Gasteiger partial charge on any atom is 0.300 e. The monoisotopic (exact) mass is 363 g/mol. The van der Waals surface area contributed by atoms with Crippen LogP contribution in [0, 0.1) is 6.92 Å². The number of amides is 1. The second-order valence-corrected chi connectivity index (χ2v) is 8.07. The van der Waals surface area contributed by atoms with Crippen LogP contribution in [0.4, 0.5) is 0 Å². The molecule has 1 aromatic carbocycles. The summed E-state index contributed by atoms with van der Waals surface area (Å²) >= 11 is 1.39. The van der Waals surface area contributed by atoms with E-state index in [2.05, 4.69) is 55.3 Å². The van der Waals surface area contributed by atoms with Gasteiger partial charge >= 0.3 is 0 Å². The zero-order valence-electron chi connectivity index (χ0n) is 15.5. The molecule has 6 nitrogen and oxygen atoms in total. The van der Waals surface area contributed by atoms with Crippen molar-refractivity contribution in [2.24, 2.45) is 10.2 Å². The number of carbonyl (C=O) groups is 2. The Morgan fingerprint density at radius 2 is 1.96 bits per heavy atom. The molecular formula is C18H25N3O3S. The Balaban J connectivity index is 0.000000705. The highest BCUT2D eigenvalue weighted by Crippen LogP contribution is 2.25. The summed E-state index contributed by atoms with van der Waals surface area (Å²) in [5, 5.41) is 18.7. The summed E-state index contributed by atoms with van der Waals surface area (Å²) < 4.78 is 0. The molecule has 0 radical (unpaired) electrons. The number of aliphatic carboxylic acids is 1. The van der Waals surface area contributed by atoms with Gasteiger partial charge in [-0.1, -0.05) is 50.7 Å². The molecule has 1 atom stereocenters. The lowest BCUT2D eigenvalue weighted by molar-refractivity contribution is -0.134. The maximum absolute atomic E-state index is 11.3. The van der Waals surface area contributed by atoms with Gasteiger partial charge in [0, 0.05) is 6.92 Å². The highest BCUT2D eigenvalue weighted by Gasteiger charge is 2.25. The molecule has 1 heterocycles. The van der Waals surface area contributed by atoms with Crippen molar-refractivity contribution in [3.8, 4) is 0 Å². The summed E-state index contributed by atoms with van der Waals surface area (Å²) in [5.41, 5.74) is 3.72. The van der Waals surface area contributed by atoms with Crippen molar-refractivity contribution in [3.63, 3.8) is 0 Å². The van der Waals surface area contributed by atoms with Crippen LogP contribution < -0.4 is 5.32 Å². The summed E-state index contributed by atoms with van der Waals surface area (Å²) in [5.74, 6) is -0.848. The van der Waals surface area contributed by atoms with E-state index >= 15 is 0 Å². The van der Waals surface area contributed by atoms with Gasteiger partial charge in [-0.15, -0.1) is 5.10 Å². The van der Waals surface area contributed by atoms with Crippen LogP contribution in [0.25, 0.3) is 0 Å². The van der Waals surface area contributed by atoms with E-state index in [1.54, 1.807) is 6.21 Å². The number of amidine groups is 1. The van der Waals surface area contributed by atoms with Gasteiger partial charge in [-0.2, -0.15) is 5.10 Å². The lowest BCUT2D eigenvalue weighted by Crippen LogP contribution is -2.23. The van der Waals surface area contributed by atoms with E-state index in [-0.39, 0.29) is 16.6 Å². The maximum atomic E-state index is 11.3. The van der Waals surface area contributed by atoms with E-state index in [4.69, 9.17) is 9.90 Å². The van der Waals surface area contributed by atoms with Gasteiger partial charge < -0.3 is 10.4 Å². The van der Waals surface area contributed by atoms with Crippen molar-refractivity contribution in [2.45, 2.75) is 52.2 Å². The molecular weight excluding hydrogens is 338 g/mol. The van der Waals surface area contributed by atoms with E-state index in [9.17, 15) is 4.79 Å². The SMILES string of the molecule is CC(=O)O.Cc1cc(/C=N/N=C2\NC(=O)[C@@H](C)S2)ccc1C(C)(C)C. The lowest BCUT2D eigenvalue weighted by Gasteiger charge is -2.21. The zero-order chi connectivity index (χ0) is 19.2. The second-order valence-electron chi connectivity index (χ2n) is 6.74. The highest BCUT2D eigenvalue weighted by molar-refractivity contribution is 8.15. The highest BCUT2D eigenvalue weighted by atomic mass is 32.2. The number of carbonyl (C=O) groups excluding carboxylic acids is 1. The second kappa shape index (κ2) is 8.80. The van der Waals surface area contributed by atoms with Crippen LogP contribution in [0.15, 0.2) is 28.4 Å². The first kappa shape index (κ1) is 20.9. The molecule has 1 fully saturated rings. The Hall–Kier alpha value is -2.15. The summed E-state index contributed by atoms with van der Waals surface area (Å²) in [4.78, 5) is 20.3. The van der Waals surface area contributed by atoms with Gasteiger partial charge in [-0.25, -0.2) is 0 Å². The Morgan fingerprint density at radius 3 is 2.40 bits per heavy atom. The van der Waals surface area contributed by atoms with Gasteiger partial charge in [0.05, 0.1) is 11.5 Å². The van der Waals surface area contributed by atoms with E-state index in [1.165, 1.54) is 22.9 Å². The third-order valence-corrected chi connectivity index (χ3v) is 4.28. The topological polar surface area (TPSA) is 91.1 Å². The average molecular weight is 363 g/mol. The number of rotatable bonds is 2. The van der Waals surface area contributed by atoms with Gasteiger partial charge in [-0.05, 0) is 36.0 Å². The van der Waals surface area contributed by atoms with Crippen molar-refractivity contribution in [1.82, 2.24) is 5.32 Å². The first-order valence-electron chi connectivity index (χ1n) is 7.90. The van der Waals surface area contributed by atoms with Crippen LogP contribution in [0.5, 0.6) is 0 Å². The van der Waals surface area contributed by atoms with Gasteiger partial charge in [0.1, 0.15) is 0 Å². The number of carboxylic acid groups (broad SMARTS) is 1. The third-order valence-electron chi connectivity index (χ3n) is 3.30. The molecule has 1 aliphatic rings. The standard InChI is InChI=1S/C16H21N3OS.C2H4O2/c1-10-8-12(6-7-13(10)16(3,4)5)9-17-19-15-18-14(20)11(2)21-15;1-2(3)4/h6-9,11H,1-5H3,(H,18,19,20);1H3,(H,3,4)/b17-9+;/t11-;/m1./s1. The van der Waals surface area contributed by atoms with Crippen molar-refractivity contribution in [2.75, 3.05) is 0 Å². The van der Waals surface area contributed by atoms with Gasteiger partial charge in [0.2, 0.25) is 5.91 Å². The average Bonchev–Trinajstić information content (AvgIpc) is 2.75. The molecule has 1 aromatic rings. The van der Waals surface area contributed by atoms with Crippen molar-refractivity contribution < 1.29 is 14.7 Å². The molecule has 136 valence electrons.